The zero-order chi connectivity index (χ0) is 81.7. The normalized spacial score (nSPS) is 50.2. The lowest BCUT2D eigenvalue weighted by molar-refractivity contribution is -0.398. The monoisotopic (exact) mass is 1600 g/mol. The van der Waals surface area contributed by atoms with Gasteiger partial charge in [0.1, 0.15) is 133 Å². The van der Waals surface area contributed by atoms with Gasteiger partial charge in [-0.2, -0.15) is 0 Å². The fourth-order valence-corrected chi connectivity index (χ4v) is 20.7. The first-order valence-corrected chi connectivity index (χ1v) is 38.2. The maximum atomic E-state index is 16.6. The predicted octanol–water partition coefficient (Wildman–Crippen LogP) is -5.44. The summed E-state index contributed by atoms with van der Waals surface area (Å²) in [5, 5.41) is 225. The summed E-state index contributed by atoms with van der Waals surface area (Å²) in [6, 6.07) is 6.46. The maximum Gasteiger partial charge on any atom is 0.331 e. The summed E-state index contributed by atoms with van der Waals surface area (Å²) in [6.45, 7) is 7.92. The van der Waals surface area contributed by atoms with Crippen LogP contribution in [0.2, 0.25) is 0 Å². The Morgan fingerprint density at radius 3 is 1.65 bits per heavy atom. The molecule has 5 aliphatic carbocycles. The van der Waals surface area contributed by atoms with Gasteiger partial charge >= 0.3 is 17.9 Å². The van der Waals surface area contributed by atoms with Gasteiger partial charge in [-0.3, -0.25) is 9.59 Å². The van der Waals surface area contributed by atoms with Gasteiger partial charge in [-0.25, -0.2) is 4.79 Å². The minimum Gasteiger partial charge on any atom is -0.497 e. The van der Waals surface area contributed by atoms with Gasteiger partial charge in [0.05, 0.1) is 70.0 Å². The van der Waals surface area contributed by atoms with E-state index in [-0.39, 0.29) is 51.4 Å². The molecule has 6 aliphatic heterocycles. The van der Waals surface area contributed by atoms with Crippen molar-refractivity contribution in [2.24, 2.45) is 50.2 Å². The molecule has 0 aromatic heterocycles. The molecule has 12 rings (SSSR count). The van der Waals surface area contributed by atoms with Crippen LogP contribution in [0.15, 0.2) is 42.0 Å². The van der Waals surface area contributed by atoms with E-state index in [1.165, 1.54) is 34.0 Å². The highest BCUT2D eigenvalue weighted by Gasteiger charge is 2.75. The highest BCUT2D eigenvalue weighted by atomic mass is 16.8. The van der Waals surface area contributed by atoms with Crippen molar-refractivity contribution in [3.8, 4) is 5.75 Å². The van der Waals surface area contributed by atoms with E-state index in [2.05, 4.69) is 0 Å². The van der Waals surface area contributed by atoms with Gasteiger partial charge in [0.15, 0.2) is 43.7 Å². The molecule has 112 heavy (non-hydrogen) atoms. The van der Waals surface area contributed by atoms with Crippen molar-refractivity contribution >= 4 is 24.0 Å². The first-order valence-electron chi connectivity index (χ1n) is 38.2. The predicted molar refractivity (Wildman–Crippen MR) is 371 cm³/mol. The second-order valence-electron chi connectivity index (χ2n) is 33.9. The molecule has 6 saturated heterocycles. The number of benzene rings is 1. The van der Waals surface area contributed by atoms with Gasteiger partial charge in [-0.05, 0) is 130 Å². The molecule has 6 heterocycles. The van der Waals surface area contributed by atoms with Crippen LogP contribution < -0.4 is 4.74 Å². The number of esters is 2. The summed E-state index contributed by atoms with van der Waals surface area (Å²) in [5.74, 6) is -5.46. The number of hydrogen-bond donors (Lipinski definition) is 20. The minimum absolute atomic E-state index is 0.0178. The lowest BCUT2D eigenvalue weighted by Gasteiger charge is -2.71. The number of allylic oxidation sites excluding steroid dienone is 1. The van der Waals surface area contributed by atoms with Gasteiger partial charge in [0, 0.05) is 11.5 Å². The van der Waals surface area contributed by atoms with E-state index in [1.54, 1.807) is 24.3 Å². The fraction of sp³-hybridized carbons (Fsp3) is 0.827. The number of methoxy groups -OCH3 is 1. The average Bonchev–Trinajstić information content (AvgIpc) is 0.666. The SMILES string of the molecule is COc1ccc(C=CC(=O)OC2C(C)OC(OC(=O)C34CCC5(CO)C(=CCC6C7(C)CC(O)C(OC8OC(CO)C(O)C(O)C8O)C(C)(C(=O)O)C7CCC65C)C3CC(C)(C)CC4O)C(OC3OC(C)C(OC4OCC(O)C(O)C4O)C(O)C3O)C2OC2OC(CO)C(O)C(OC3OC(CO)C(O)C(O)C3O)C2O)cc1. The lowest BCUT2D eigenvalue weighted by atomic mass is 9.33. The van der Waals surface area contributed by atoms with Crippen LogP contribution in [-0.4, -0.2) is 357 Å². The first kappa shape index (κ1) is 87.0. The number of carboxylic acid groups (broad SMARTS) is 1. The number of aliphatic hydroxyl groups is 19. The summed E-state index contributed by atoms with van der Waals surface area (Å²) in [6.07, 6.45) is -55.4. The quantitative estimate of drug-likeness (QED) is 0.0236. The van der Waals surface area contributed by atoms with Crippen LogP contribution in [0, 0.1) is 50.2 Å². The fourth-order valence-electron chi connectivity index (χ4n) is 20.7. The molecular weight excluding hydrogens is 1490 g/mol. The van der Waals surface area contributed by atoms with E-state index >= 15 is 4.79 Å². The van der Waals surface area contributed by atoms with Crippen molar-refractivity contribution in [3.05, 3.63) is 47.6 Å². The molecule has 0 amide bonds. The number of aliphatic carboxylic acids is 1. The number of ether oxygens (including phenoxy) is 14. The molecule has 0 radical (unpaired) electrons. The minimum atomic E-state index is -2.32. The molecule has 4 saturated carbocycles. The van der Waals surface area contributed by atoms with Gasteiger partial charge < -0.3 is 168 Å². The Morgan fingerprint density at radius 1 is 0.518 bits per heavy atom. The Bertz CT molecular complexity index is 3480. The van der Waals surface area contributed by atoms with Crippen LogP contribution in [-0.2, 0) is 76.0 Å². The van der Waals surface area contributed by atoms with Crippen LogP contribution in [0.25, 0.3) is 6.08 Å². The standard InChI is InChI=1S/C75H112O37/c1-29-56(107-62-51(91)44(84)36(81)27-100-62)50(90)54(94)63(101-29)110-60-59(109-66-55(95)58(47(87)39(26-78)105-66)108-64-52(92)48(88)45(85)37(24-76)103-64)57(106-43(83)16-11-31-9-12-32(99-8)13-10-31)30(2)102-67(60)112-69(98)75-20-19-74(28-79)33(34(75)21-70(3,4)23-42(75)82)14-15-40-71(5)22-35(80)61(73(7,68(96)97)41(71)17-18-72(40,74)6)111-65-53(93)49(89)46(86)38(25-77)104-65/h9-14,16,29-30,34-42,44-67,76-82,84-95H,15,17-28H2,1-8H3,(H,96,97). The van der Waals surface area contributed by atoms with Gasteiger partial charge in [0.2, 0.25) is 6.29 Å². The first-order chi connectivity index (χ1) is 52.8. The van der Waals surface area contributed by atoms with Gasteiger partial charge in [0.25, 0.3) is 0 Å². The van der Waals surface area contributed by atoms with Gasteiger partial charge in [-0.15, -0.1) is 0 Å². The van der Waals surface area contributed by atoms with Crippen LogP contribution in [0.3, 0.4) is 0 Å². The van der Waals surface area contributed by atoms with Crippen molar-refractivity contribution in [1.29, 1.82) is 0 Å². The molecule has 11 aliphatic rings. The zero-order valence-corrected chi connectivity index (χ0v) is 63.3. The molecular formula is C75H112O37. The van der Waals surface area contributed by atoms with E-state index in [0.29, 0.717) is 16.9 Å². The third kappa shape index (κ3) is 15.1. The Labute approximate surface area is 644 Å². The Hall–Kier alpha value is -4.29. The number of hydrogen-bond acceptors (Lipinski definition) is 36. The number of carbonyl (C=O) groups is 3. The summed E-state index contributed by atoms with van der Waals surface area (Å²) in [7, 11) is 1.45. The van der Waals surface area contributed by atoms with E-state index in [1.807, 2.05) is 33.8 Å². The molecule has 40 atom stereocenters. The van der Waals surface area contributed by atoms with E-state index in [0.717, 1.165) is 6.08 Å². The van der Waals surface area contributed by atoms with Crippen LogP contribution in [0.5, 0.6) is 5.75 Å². The summed E-state index contributed by atoms with van der Waals surface area (Å²) in [4.78, 5) is 45.1. The Balaban J connectivity index is 0.919. The number of rotatable bonds is 21. The van der Waals surface area contributed by atoms with Crippen LogP contribution in [0.1, 0.15) is 105 Å². The number of fused-ring (bicyclic) bond motifs is 7. The molecule has 1 aromatic carbocycles. The molecule has 37 nitrogen and oxygen atoms in total. The van der Waals surface area contributed by atoms with Gasteiger partial charge in [-0.1, -0.05) is 51.5 Å². The maximum absolute atomic E-state index is 16.6. The third-order valence-corrected chi connectivity index (χ3v) is 26.9. The smallest absolute Gasteiger partial charge is 0.331 e. The van der Waals surface area contributed by atoms with Crippen molar-refractivity contribution in [2.45, 2.75) is 296 Å². The molecule has 40 unspecified atom stereocenters. The van der Waals surface area contributed by atoms with Crippen molar-refractivity contribution < 1.29 is 183 Å². The van der Waals surface area contributed by atoms with E-state index in [4.69, 9.17) is 66.3 Å². The van der Waals surface area contributed by atoms with E-state index < -0.39 is 298 Å². The average molecular weight is 1610 g/mol. The molecule has 1 aromatic rings. The second-order valence-corrected chi connectivity index (χ2v) is 33.9. The largest absolute Gasteiger partial charge is 0.497 e. The molecule has 10 fully saturated rings. The number of carbonyl (C=O) groups excluding carboxylic acids is 2. The summed E-state index contributed by atoms with van der Waals surface area (Å²) < 4.78 is 85.3. The highest BCUT2D eigenvalue weighted by Crippen LogP contribution is 2.76. The van der Waals surface area contributed by atoms with E-state index in [9.17, 15) is 112 Å². The Kier molecular flexibility index (Phi) is 26.0. The second kappa shape index (κ2) is 33.5. The number of carboxylic acids is 1. The Morgan fingerprint density at radius 2 is 1.05 bits per heavy atom. The zero-order valence-electron chi connectivity index (χ0n) is 63.3. The molecule has 0 bridgehead atoms. The van der Waals surface area contributed by atoms with Crippen LogP contribution >= 0.6 is 0 Å². The van der Waals surface area contributed by atoms with Crippen molar-refractivity contribution in [2.75, 3.05) is 40.1 Å². The molecule has 37 heteroatoms. The highest BCUT2D eigenvalue weighted by molar-refractivity contribution is 5.87. The van der Waals surface area contributed by atoms with Crippen LogP contribution in [0.4, 0.5) is 0 Å². The summed E-state index contributed by atoms with van der Waals surface area (Å²) in [5.41, 5.74) is -6.96. The summed E-state index contributed by atoms with van der Waals surface area (Å²) >= 11 is 0. The van der Waals surface area contributed by atoms with Crippen molar-refractivity contribution in [1.82, 2.24) is 0 Å². The third-order valence-electron chi connectivity index (χ3n) is 26.9. The van der Waals surface area contributed by atoms with Crippen molar-refractivity contribution in [3.63, 3.8) is 0 Å². The molecule has 634 valence electrons. The lowest BCUT2D eigenvalue weighted by Crippen LogP contribution is -2.71. The molecule has 0 spiro atoms. The number of aliphatic hydroxyl groups excluding tert-OH is 19. The topological polar surface area (TPSA) is 585 Å². The molecule has 20 N–H and O–H groups in total.